The second-order valence-corrected chi connectivity index (χ2v) is 8.70. The Balaban J connectivity index is 1.80. The highest BCUT2D eigenvalue weighted by Gasteiger charge is 2.20. The predicted octanol–water partition coefficient (Wildman–Crippen LogP) is 2.61. The number of rotatable bonds is 10. The van der Waals surface area contributed by atoms with Gasteiger partial charge in [-0.3, -0.25) is 9.59 Å². The lowest BCUT2D eigenvalue weighted by Crippen LogP contribution is -2.36. The van der Waals surface area contributed by atoms with E-state index in [2.05, 4.69) is 15.5 Å². The van der Waals surface area contributed by atoms with Gasteiger partial charge in [-0.2, -0.15) is 4.98 Å². The highest BCUT2D eigenvalue weighted by atomic mass is 32.1. The van der Waals surface area contributed by atoms with Crippen LogP contribution in [0.2, 0.25) is 0 Å². The third-order valence-electron chi connectivity index (χ3n) is 5.30. The average Bonchev–Trinajstić information content (AvgIpc) is 3.41. The maximum absolute atomic E-state index is 11.3. The number of hydrogen-bond acceptors (Lipinski definition) is 9. The maximum atomic E-state index is 11.3. The molecule has 1 aromatic carbocycles. The first-order valence-corrected chi connectivity index (χ1v) is 11.3. The second kappa shape index (κ2) is 10.7. The highest BCUT2D eigenvalue weighted by Crippen LogP contribution is 2.36. The van der Waals surface area contributed by atoms with E-state index in [1.165, 1.54) is 11.3 Å². The highest BCUT2D eigenvalue weighted by molar-refractivity contribution is 7.17. The summed E-state index contributed by atoms with van der Waals surface area (Å²) in [6, 6.07) is 3.80. The first-order valence-electron chi connectivity index (χ1n) is 10.5. The van der Waals surface area contributed by atoms with Crippen molar-refractivity contribution in [3.8, 4) is 27.9 Å². The van der Waals surface area contributed by atoms with Crippen LogP contribution in [0.15, 0.2) is 16.7 Å². The minimum Gasteiger partial charge on any atom is -0.490 e. The van der Waals surface area contributed by atoms with Crippen LogP contribution in [0.25, 0.3) is 22.2 Å². The summed E-state index contributed by atoms with van der Waals surface area (Å²) in [4.78, 5) is 28.3. The molecule has 2 aromatic heterocycles. The van der Waals surface area contributed by atoms with Crippen molar-refractivity contribution in [2.75, 3.05) is 19.8 Å². The van der Waals surface area contributed by atoms with Gasteiger partial charge in [-0.1, -0.05) is 12.1 Å². The molecule has 0 aliphatic rings. The number of amides is 1. The molecule has 3 aromatic rings. The van der Waals surface area contributed by atoms with E-state index >= 15 is 0 Å². The van der Waals surface area contributed by atoms with Crippen molar-refractivity contribution in [3.63, 3.8) is 0 Å². The first kappa shape index (κ1) is 24.6. The third kappa shape index (κ3) is 5.47. The van der Waals surface area contributed by atoms with Crippen molar-refractivity contribution in [2.45, 2.75) is 40.2 Å². The molecular formula is C23H27N3O6S. The van der Waals surface area contributed by atoms with Crippen LogP contribution < -0.4 is 10.1 Å². The summed E-state index contributed by atoms with van der Waals surface area (Å²) in [5.74, 6) is 0.892. The molecule has 0 radical (unpaired) electrons. The molecule has 0 aliphatic carbocycles. The van der Waals surface area contributed by atoms with E-state index in [-0.39, 0.29) is 13.2 Å². The number of carbonyl (C=O) groups excluding carboxylic acids is 2. The molecular weight excluding hydrogens is 446 g/mol. The van der Waals surface area contributed by atoms with Crippen LogP contribution in [0.3, 0.4) is 0 Å². The number of nitrogens with one attached hydrogen (secondary N) is 1. The van der Waals surface area contributed by atoms with Crippen LogP contribution in [-0.2, 0) is 11.2 Å². The molecule has 1 atom stereocenters. The van der Waals surface area contributed by atoms with Gasteiger partial charge in [-0.05, 0) is 61.6 Å². The van der Waals surface area contributed by atoms with E-state index in [4.69, 9.17) is 14.4 Å². The average molecular weight is 474 g/mol. The van der Waals surface area contributed by atoms with Crippen LogP contribution in [-0.4, -0.2) is 58.4 Å². The van der Waals surface area contributed by atoms with Crippen LogP contribution in [0.1, 0.15) is 38.8 Å². The van der Waals surface area contributed by atoms with Gasteiger partial charge < -0.3 is 24.8 Å². The Labute approximate surface area is 195 Å². The van der Waals surface area contributed by atoms with Crippen LogP contribution in [0.4, 0.5) is 0 Å². The lowest BCUT2D eigenvalue weighted by atomic mass is 10.0. The van der Waals surface area contributed by atoms with Gasteiger partial charge in [0.05, 0.1) is 9.75 Å². The summed E-state index contributed by atoms with van der Waals surface area (Å²) in [7, 11) is 0. The van der Waals surface area contributed by atoms with E-state index < -0.39 is 18.6 Å². The van der Waals surface area contributed by atoms with Crippen molar-refractivity contribution in [3.05, 3.63) is 39.3 Å². The minimum atomic E-state index is -0.919. The fraction of sp³-hybridized carbons (Fsp3) is 0.391. The van der Waals surface area contributed by atoms with Gasteiger partial charge in [0.25, 0.3) is 5.89 Å². The van der Waals surface area contributed by atoms with Gasteiger partial charge in [-0.15, -0.1) is 11.3 Å². The number of benzene rings is 1. The Bertz CT molecular complexity index is 1150. The molecule has 0 spiro atoms. The Kier molecular flexibility index (Phi) is 7.96. The number of thiophene rings is 1. The normalized spacial score (nSPS) is 11.9. The molecule has 0 unspecified atom stereocenters. The van der Waals surface area contributed by atoms with Gasteiger partial charge in [0, 0.05) is 12.1 Å². The third-order valence-corrected chi connectivity index (χ3v) is 6.61. The number of ether oxygens (including phenoxy) is 1. The number of hydrogen-bond donors (Lipinski definition) is 3. The monoisotopic (exact) mass is 473 g/mol. The van der Waals surface area contributed by atoms with Crippen LogP contribution in [0, 0.1) is 20.8 Å². The second-order valence-electron chi connectivity index (χ2n) is 7.65. The summed E-state index contributed by atoms with van der Waals surface area (Å²) in [5.41, 5.74) is 4.38. The van der Waals surface area contributed by atoms with Crippen molar-refractivity contribution in [1.29, 1.82) is 0 Å². The zero-order valence-corrected chi connectivity index (χ0v) is 19.8. The number of nitrogens with zero attached hydrogens (tertiary/aromatic N) is 2. The largest absolute Gasteiger partial charge is 0.490 e. The minimum absolute atomic E-state index is 0.0126. The molecule has 3 rings (SSSR count). The lowest BCUT2D eigenvalue weighted by molar-refractivity contribution is -0.124. The van der Waals surface area contributed by atoms with E-state index in [9.17, 15) is 14.7 Å². The van der Waals surface area contributed by atoms with Gasteiger partial charge >= 0.3 is 0 Å². The van der Waals surface area contributed by atoms with Crippen molar-refractivity contribution >= 4 is 23.5 Å². The molecule has 3 N–H and O–H groups in total. The summed E-state index contributed by atoms with van der Waals surface area (Å²) in [6.07, 6.45) is 0.594. The van der Waals surface area contributed by atoms with Gasteiger partial charge in [-0.25, -0.2) is 0 Å². The van der Waals surface area contributed by atoms with E-state index in [1.54, 1.807) is 0 Å². The molecule has 33 heavy (non-hydrogen) atoms. The molecule has 0 aliphatic heterocycles. The van der Waals surface area contributed by atoms with Gasteiger partial charge in [0.15, 0.2) is 6.29 Å². The van der Waals surface area contributed by atoms with Crippen LogP contribution in [0.5, 0.6) is 5.75 Å². The van der Waals surface area contributed by atoms with E-state index in [1.807, 2.05) is 39.8 Å². The number of aryl methyl sites for hydroxylation is 2. The number of aliphatic hydroxyl groups is 2. The Hall–Kier alpha value is -3.08. The number of aldehydes is 1. The molecule has 0 saturated heterocycles. The quantitative estimate of drug-likeness (QED) is 0.383. The molecule has 1 amide bonds. The lowest BCUT2D eigenvalue weighted by Gasteiger charge is -2.17. The Morgan fingerprint density at radius 1 is 1.30 bits per heavy atom. The molecule has 176 valence electrons. The molecule has 0 saturated carbocycles. The standard InChI is InChI=1S/C23H27N3O6S/c1-5-15-7-16(6-12(2)20(15)31-11-17(29)8-24-19(30)10-28)22-25-23(32-26-22)21-14(4)13(3)18(9-27)33-21/h6-7,9,17,28-29H,5,8,10-11H2,1-4H3,(H,24,30)/t17-/m0/s1. The van der Waals surface area contributed by atoms with Crippen LogP contribution >= 0.6 is 11.3 Å². The zero-order chi connectivity index (χ0) is 24.1. The summed E-state index contributed by atoms with van der Waals surface area (Å²) in [5, 5.41) is 25.3. The molecule has 0 bridgehead atoms. The first-order chi connectivity index (χ1) is 15.8. The summed E-state index contributed by atoms with van der Waals surface area (Å²) < 4.78 is 11.3. The molecule has 10 heteroatoms. The van der Waals surface area contributed by atoms with Crippen molar-refractivity contribution < 1.29 is 29.1 Å². The Morgan fingerprint density at radius 3 is 2.70 bits per heavy atom. The molecule has 2 heterocycles. The predicted molar refractivity (Wildman–Crippen MR) is 124 cm³/mol. The number of aliphatic hydroxyl groups excluding tert-OH is 2. The van der Waals surface area contributed by atoms with E-state index in [0.29, 0.717) is 28.8 Å². The molecule has 9 nitrogen and oxygen atoms in total. The summed E-state index contributed by atoms with van der Waals surface area (Å²) in [6.45, 7) is 7.04. The fourth-order valence-electron chi connectivity index (χ4n) is 3.34. The van der Waals surface area contributed by atoms with Gasteiger partial charge in [0.2, 0.25) is 11.7 Å². The maximum Gasteiger partial charge on any atom is 0.268 e. The smallest absolute Gasteiger partial charge is 0.268 e. The van der Waals surface area contributed by atoms with Gasteiger partial charge in [0.1, 0.15) is 25.1 Å². The molecule has 0 fully saturated rings. The Morgan fingerprint density at radius 2 is 2.06 bits per heavy atom. The SMILES string of the molecule is CCc1cc(-c2noc(-c3sc(C=O)c(C)c3C)n2)cc(C)c1OC[C@@H](O)CNC(=O)CO. The van der Waals surface area contributed by atoms with Crippen molar-refractivity contribution in [1.82, 2.24) is 15.5 Å². The number of carbonyl (C=O) groups is 2. The topological polar surface area (TPSA) is 135 Å². The summed E-state index contributed by atoms with van der Waals surface area (Å²) >= 11 is 1.33. The fourth-order valence-corrected chi connectivity index (χ4v) is 4.39. The zero-order valence-electron chi connectivity index (χ0n) is 19.0. The van der Waals surface area contributed by atoms with E-state index in [0.717, 1.165) is 39.0 Å². The number of aromatic nitrogens is 2. The van der Waals surface area contributed by atoms with Crippen molar-refractivity contribution in [2.24, 2.45) is 0 Å².